The molecule has 10 heavy (non-hydrogen) atoms. The number of anilines is 1. The van der Waals surface area contributed by atoms with Crippen LogP contribution in [0.4, 0.5) is 11.4 Å². The number of rotatable bonds is 1. The zero-order valence-corrected chi connectivity index (χ0v) is 4.92. The average molecular weight is 141 g/mol. The summed E-state index contributed by atoms with van der Waals surface area (Å²) in [4.78, 5) is 9.51. The molecule has 1 aromatic rings. The van der Waals surface area contributed by atoms with Gasteiger partial charge in [0.15, 0.2) is 0 Å². The quantitative estimate of drug-likeness (QED) is 0.362. The maximum absolute atomic E-state index is 10.4. The Morgan fingerprint density at radius 1 is 1.70 bits per heavy atom. The van der Waals surface area contributed by atoms with Gasteiger partial charge >= 0.3 is 0 Å². The molecule has 0 heterocycles. The number of nitrogens with two attached hydrogens (primary N) is 1. The number of benzene rings is 1. The van der Waals surface area contributed by atoms with Crippen LogP contribution in [-0.4, -0.2) is 4.92 Å². The van der Waals surface area contributed by atoms with Crippen LogP contribution in [0, 0.1) is 10.1 Å². The predicted octanol–water partition coefficient (Wildman–Crippen LogP) is 1.18. The van der Waals surface area contributed by atoms with E-state index in [0.717, 1.165) is 6.07 Å². The predicted molar refractivity (Wildman–Crippen MR) is 37.5 cm³/mol. The maximum Gasteiger partial charge on any atom is 0.271 e. The highest BCUT2D eigenvalue weighted by molar-refractivity contribution is 5.46. The maximum atomic E-state index is 10.4. The van der Waals surface area contributed by atoms with Gasteiger partial charge in [-0.3, -0.25) is 10.1 Å². The summed E-state index contributed by atoms with van der Waals surface area (Å²) in [6.07, 6.45) is 0. The highest BCUT2D eigenvalue weighted by Gasteiger charge is 2.02. The second-order valence-electron chi connectivity index (χ2n) is 1.58. The molecule has 0 aliphatic carbocycles. The van der Waals surface area contributed by atoms with Crippen LogP contribution in [0.2, 0.25) is 0 Å². The molecule has 0 radical (unpaired) electrons. The molecule has 2 N–H and O–H groups in total. The zero-order valence-electron chi connectivity index (χ0n) is 7.92. The molecule has 0 saturated carbocycles. The van der Waals surface area contributed by atoms with Gasteiger partial charge in [-0.1, -0.05) is 6.07 Å². The summed E-state index contributed by atoms with van der Waals surface area (Å²) in [5, 5.41) is 10.4. The molecular formula is C6H6N2O2. The van der Waals surface area contributed by atoms with Crippen molar-refractivity contribution in [3.8, 4) is 0 Å². The molecule has 0 aliphatic heterocycles. The first-order chi connectivity index (χ1) is 5.95. The van der Waals surface area contributed by atoms with Gasteiger partial charge < -0.3 is 5.73 Å². The van der Waals surface area contributed by atoms with E-state index in [2.05, 4.69) is 0 Å². The number of hydrogen-bond donors (Lipinski definition) is 1. The Labute approximate surface area is 61.6 Å². The van der Waals surface area contributed by atoms with Crippen LogP contribution in [0.5, 0.6) is 0 Å². The van der Waals surface area contributed by atoms with Crippen molar-refractivity contribution in [1.82, 2.24) is 0 Å². The molecule has 52 valence electrons. The van der Waals surface area contributed by atoms with Crippen molar-refractivity contribution >= 4 is 11.4 Å². The van der Waals surface area contributed by atoms with E-state index in [4.69, 9.17) is 9.85 Å². The first-order valence-electron chi connectivity index (χ1n) is 3.95. The van der Waals surface area contributed by atoms with Gasteiger partial charge in [0, 0.05) is 17.8 Å². The molecule has 0 aliphatic rings. The Bertz CT molecular complexity index is 381. The van der Waals surface area contributed by atoms with Gasteiger partial charge in [0.2, 0.25) is 0 Å². The Kier molecular flexibility index (Phi) is 0.834. The minimum absolute atomic E-state index is 0.236. The molecule has 0 aromatic heterocycles. The second-order valence-corrected chi connectivity index (χ2v) is 1.58. The second kappa shape index (κ2) is 2.34. The van der Waals surface area contributed by atoms with E-state index in [9.17, 15) is 10.1 Å². The minimum atomic E-state index is -0.847. The number of hydrogen-bond acceptors (Lipinski definition) is 3. The smallest absolute Gasteiger partial charge is 0.271 e. The molecule has 4 nitrogen and oxygen atoms in total. The number of nitrogens with zero attached hydrogens (tertiary/aromatic N) is 1. The molecule has 0 atom stereocenters. The molecule has 0 bridgehead atoms. The zero-order chi connectivity index (χ0) is 10.2. The van der Waals surface area contributed by atoms with Gasteiger partial charge in [0.05, 0.1) is 9.04 Å². The Hall–Kier alpha value is -1.58. The van der Waals surface area contributed by atoms with Crippen molar-refractivity contribution in [3.63, 3.8) is 0 Å². The summed E-state index contributed by atoms with van der Waals surface area (Å²) < 4.78 is 21.5. The van der Waals surface area contributed by atoms with Crippen LogP contribution in [0.3, 0.4) is 0 Å². The molecule has 0 amide bonds. The standard InChI is InChI=1S/C6H6N2O2/c7-5-2-1-3-6(4-5)8(9)10/h1-4H,7H2/i2D,3D,4D. The van der Waals surface area contributed by atoms with E-state index in [1.165, 1.54) is 0 Å². The largest absolute Gasteiger partial charge is 0.399 e. The molecule has 0 unspecified atom stereocenters. The van der Waals surface area contributed by atoms with Crippen LogP contribution >= 0.6 is 0 Å². The normalized spacial score (nSPS) is 13.4. The average Bonchev–Trinajstić information content (AvgIpc) is 1.99. The monoisotopic (exact) mass is 141 g/mol. The summed E-state index contributed by atoms with van der Waals surface area (Å²) in [6.45, 7) is 0. The summed E-state index contributed by atoms with van der Waals surface area (Å²) in [7, 11) is 0. The number of nitrogen functional groups attached to an aromatic ring is 1. The van der Waals surface area contributed by atoms with Gasteiger partial charge in [-0.05, 0) is 6.04 Å². The summed E-state index contributed by atoms with van der Waals surface area (Å²) in [5.41, 5.74) is 4.29. The first-order valence-corrected chi connectivity index (χ1v) is 2.45. The SMILES string of the molecule is [2H]c1cc([2H])c([N+](=O)[O-])c([2H])c1N. The van der Waals surface area contributed by atoms with E-state index < -0.39 is 22.7 Å². The van der Waals surface area contributed by atoms with Crippen molar-refractivity contribution in [2.45, 2.75) is 0 Å². The van der Waals surface area contributed by atoms with Crippen LogP contribution in [0.25, 0.3) is 0 Å². The Morgan fingerprint density at radius 2 is 2.40 bits per heavy atom. The first kappa shape index (κ1) is 3.55. The molecule has 0 fully saturated rings. The van der Waals surface area contributed by atoms with E-state index in [1.54, 1.807) is 0 Å². The minimum Gasteiger partial charge on any atom is -0.399 e. The highest BCUT2D eigenvalue weighted by Crippen LogP contribution is 2.13. The van der Waals surface area contributed by atoms with E-state index in [1.807, 2.05) is 0 Å². The highest BCUT2D eigenvalue weighted by atomic mass is 16.6. The Balaban J connectivity index is 3.53. The third-order valence-corrected chi connectivity index (χ3v) is 0.872. The molecule has 1 rings (SSSR count). The third kappa shape index (κ3) is 1.22. The lowest BCUT2D eigenvalue weighted by atomic mass is 10.3. The fraction of sp³-hybridized carbons (Fsp3) is 0. The summed E-state index contributed by atoms with van der Waals surface area (Å²) in [5.74, 6) is 0. The van der Waals surface area contributed by atoms with Crippen molar-refractivity contribution in [1.29, 1.82) is 0 Å². The molecular weight excluding hydrogens is 132 g/mol. The molecule has 1 aromatic carbocycles. The van der Waals surface area contributed by atoms with Gasteiger partial charge in [-0.25, -0.2) is 0 Å². The van der Waals surface area contributed by atoms with Gasteiger partial charge in [0.25, 0.3) is 5.69 Å². The van der Waals surface area contributed by atoms with Gasteiger partial charge in [-0.2, -0.15) is 0 Å². The van der Waals surface area contributed by atoms with Crippen molar-refractivity contribution in [3.05, 3.63) is 34.3 Å². The fourth-order valence-electron chi connectivity index (χ4n) is 0.480. The molecule has 0 spiro atoms. The van der Waals surface area contributed by atoms with Crippen molar-refractivity contribution in [2.24, 2.45) is 0 Å². The lowest BCUT2D eigenvalue weighted by Gasteiger charge is -1.90. The van der Waals surface area contributed by atoms with Crippen LogP contribution < -0.4 is 5.73 Å². The van der Waals surface area contributed by atoms with E-state index in [-0.39, 0.29) is 11.7 Å². The van der Waals surface area contributed by atoms with Gasteiger partial charge in [0.1, 0.15) is 0 Å². The number of nitro benzene ring substituents is 1. The van der Waals surface area contributed by atoms with Crippen LogP contribution in [0.1, 0.15) is 4.11 Å². The summed E-state index contributed by atoms with van der Waals surface area (Å²) in [6, 6.07) is -0.316. The molecule has 4 heteroatoms. The lowest BCUT2D eigenvalue weighted by molar-refractivity contribution is -0.384. The van der Waals surface area contributed by atoms with Crippen molar-refractivity contribution in [2.75, 3.05) is 5.73 Å². The Morgan fingerprint density at radius 3 is 3.00 bits per heavy atom. The third-order valence-electron chi connectivity index (χ3n) is 0.872. The lowest BCUT2D eigenvalue weighted by Crippen LogP contribution is -1.89. The van der Waals surface area contributed by atoms with Crippen LogP contribution in [0.15, 0.2) is 24.2 Å². The van der Waals surface area contributed by atoms with Gasteiger partial charge in [-0.15, -0.1) is 0 Å². The van der Waals surface area contributed by atoms with E-state index >= 15 is 0 Å². The topological polar surface area (TPSA) is 69.2 Å². The van der Waals surface area contributed by atoms with Crippen molar-refractivity contribution < 1.29 is 9.04 Å². The molecule has 0 saturated heterocycles. The number of nitro groups is 1. The van der Waals surface area contributed by atoms with E-state index in [0.29, 0.717) is 0 Å². The summed E-state index contributed by atoms with van der Waals surface area (Å²) >= 11 is 0. The van der Waals surface area contributed by atoms with Crippen LogP contribution in [-0.2, 0) is 0 Å². The fourth-order valence-corrected chi connectivity index (χ4v) is 0.480.